The second-order valence-corrected chi connectivity index (χ2v) is 4.75. The molecule has 1 aromatic carbocycles. The fourth-order valence-corrected chi connectivity index (χ4v) is 2.60. The normalized spacial score (nSPS) is 23.9. The van der Waals surface area contributed by atoms with Gasteiger partial charge in [0.1, 0.15) is 5.75 Å². The van der Waals surface area contributed by atoms with Crippen molar-refractivity contribution in [2.45, 2.75) is 25.9 Å². The van der Waals surface area contributed by atoms with E-state index in [2.05, 4.69) is 17.4 Å². The number of hydrogen-bond donors (Lipinski definition) is 1. The number of nitrogens with one attached hydrogen (secondary N) is 1. The van der Waals surface area contributed by atoms with E-state index >= 15 is 0 Å². The van der Waals surface area contributed by atoms with Crippen molar-refractivity contribution in [1.82, 2.24) is 5.32 Å². The Morgan fingerprint density at radius 3 is 2.78 bits per heavy atom. The van der Waals surface area contributed by atoms with Crippen LogP contribution in [0.5, 0.6) is 5.75 Å². The Bertz CT molecular complexity index is 348. The molecule has 2 unspecified atom stereocenters. The van der Waals surface area contributed by atoms with Crippen molar-refractivity contribution in [3.8, 4) is 5.75 Å². The van der Waals surface area contributed by atoms with Crippen molar-refractivity contribution in [1.29, 1.82) is 0 Å². The minimum atomic E-state index is 0.224. The predicted octanol–water partition coefficient (Wildman–Crippen LogP) is 2.77. The van der Waals surface area contributed by atoms with Gasteiger partial charge >= 0.3 is 0 Å². The van der Waals surface area contributed by atoms with Gasteiger partial charge in [0.25, 0.3) is 0 Å². The highest BCUT2D eigenvalue weighted by atomic mass is 16.5. The van der Waals surface area contributed by atoms with Gasteiger partial charge in [-0.2, -0.15) is 0 Å². The molecule has 1 N–H and O–H groups in total. The molecular formula is C15H23NO2. The quantitative estimate of drug-likeness (QED) is 0.870. The lowest BCUT2D eigenvalue weighted by Crippen LogP contribution is -2.30. The van der Waals surface area contributed by atoms with Crippen LogP contribution in [0, 0.1) is 5.92 Å². The monoisotopic (exact) mass is 249 g/mol. The van der Waals surface area contributed by atoms with Gasteiger partial charge in [-0.15, -0.1) is 0 Å². The highest BCUT2D eigenvalue weighted by molar-refractivity contribution is 5.29. The second kappa shape index (κ2) is 6.76. The smallest absolute Gasteiger partial charge is 0.119 e. The van der Waals surface area contributed by atoms with Crippen LogP contribution in [0.3, 0.4) is 0 Å². The van der Waals surface area contributed by atoms with Gasteiger partial charge in [-0.3, -0.25) is 0 Å². The molecule has 0 amide bonds. The lowest BCUT2D eigenvalue weighted by molar-refractivity contribution is -0.0272. The Hall–Kier alpha value is -1.06. The zero-order valence-electron chi connectivity index (χ0n) is 11.3. The van der Waals surface area contributed by atoms with Gasteiger partial charge in [-0.05, 0) is 44.5 Å². The fourth-order valence-electron chi connectivity index (χ4n) is 2.60. The number of ether oxygens (including phenoxy) is 2. The van der Waals surface area contributed by atoms with E-state index in [-0.39, 0.29) is 6.10 Å². The van der Waals surface area contributed by atoms with Crippen LogP contribution >= 0.6 is 0 Å². The minimum Gasteiger partial charge on any atom is -0.494 e. The molecule has 18 heavy (non-hydrogen) atoms. The zero-order chi connectivity index (χ0) is 12.8. The summed E-state index contributed by atoms with van der Waals surface area (Å²) in [7, 11) is 2.00. The maximum absolute atomic E-state index is 5.95. The van der Waals surface area contributed by atoms with E-state index in [1.807, 2.05) is 26.1 Å². The van der Waals surface area contributed by atoms with Crippen molar-refractivity contribution < 1.29 is 9.47 Å². The summed E-state index contributed by atoms with van der Waals surface area (Å²) in [6.45, 7) is 4.60. The lowest BCUT2D eigenvalue weighted by atomic mass is 9.89. The summed E-state index contributed by atoms with van der Waals surface area (Å²) in [5, 5.41) is 3.26. The maximum atomic E-state index is 5.95. The summed E-state index contributed by atoms with van der Waals surface area (Å²) < 4.78 is 11.4. The highest BCUT2D eigenvalue weighted by Crippen LogP contribution is 2.33. The van der Waals surface area contributed by atoms with E-state index in [4.69, 9.17) is 9.47 Å². The van der Waals surface area contributed by atoms with Crippen LogP contribution in [0.4, 0.5) is 0 Å². The van der Waals surface area contributed by atoms with Crippen LogP contribution in [-0.2, 0) is 4.74 Å². The Morgan fingerprint density at radius 1 is 1.33 bits per heavy atom. The predicted molar refractivity (Wildman–Crippen MR) is 73.0 cm³/mol. The first-order valence-corrected chi connectivity index (χ1v) is 6.84. The van der Waals surface area contributed by atoms with Crippen molar-refractivity contribution in [3.63, 3.8) is 0 Å². The first kappa shape index (κ1) is 13.4. The molecule has 1 saturated heterocycles. The molecule has 1 aliphatic heterocycles. The molecule has 0 spiro atoms. The third-order valence-corrected chi connectivity index (χ3v) is 3.43. The Morgan fingerprint density at radius 2 is 2.11 bits per heavy atom. The molecule has 1 aromatic rings. The molecule has 0 saturated carbocycles. The summed E-state index contributed by atoms with van der Waals surface area (Å²) in [4.78, 5) is 0. The minimum absolute atomic E-state index is 0.224. The Kier molecular flexibility index (Phi) is 5.02. The largest absolute Gasteiger partial charge is 0.494 e. The molecule has 3 heteroatoms. The second-order valence-electron chi connectivity index (χ2n) is 4.75. The van der Waals surface area contributed by atoms with E-state index in [9.17, 15) is 0 Å². The van der Waals surface area contributed by atoms with Gasteiger partial charge in [0.2, 0.25) is 0 Å². The van der Waals surface area contributed by atoms with E-state index in [1.165, 1.54) is 18.4 Å². The zero-order valence-corrected chi connectivity index (χ0v) is 11.3. The molecule has 1 heterocycles. The number of benzene rings is 1. The standard InChI is InChI=1S/C15H23NO2/c1-3-17-14-8-6-12(7-9-14)15-13(11-16-2)5-4-10-18-15/h6-9,13,15-16H,3-5,10-11H2,1-2H3. The van der Waals surface area contributed by atoms with Gasteiger partial charge in [0.15, 0.2) is 0 Å². The molecule has 2 atom stereocenters. The summed E-state index contributed by atoms with van der Waals surface area (Å²) >= 11 is 0. The molecule has 0 radical (unpaired) electrons. The first-order valence-electron chi connectivity index (χ1n) is 6.84. The summed E-state index contributed by atoms with van der Waals surface area (Å²) in [6.07, 6.45) is 2.63. The van der Waals surface area contributed by atoms with Crippen LogP contribution in [0.2, 0.25) is 0 Å². The molecule has 2 rings (SSSR count). The van der Waals surface area contributed by atoms with Crippen LogP contribution in [-0.4, -0.2) is 26.8 Å². The van der Waals surface area contributed by atoms with E-state index in [0.717, 1.165) is 18.9 Å². The average molecular weight is 249 g/mol. The number of rotatable bonds is 5. The SMILES string of the molecule is CCOc1ccc(C2OCCCC2CNC)cc1. The Balaban J connectivity index is 2.07. The Labute approximate surface area is 109 Å². The van der Waals surface area contributed by atoms with Crippen molar-refractivity contribution >= 4 is 0 Å². The van der Waals surface area contributed by atoms with E-state index in [1.54, 1.807) is 0 Å². The summed E-state index contributed by atoms with van der Waals surface area (Å²) in [6, 6.07) is 8.33. The molecule has 0 aliphatic carbocycles. The van der Waals surface area contributed by atoms with Crippen LogP contribution < -0.4 is 10.1 Å². The molecule has 100 valence electrons. The first-order chi connectivity index (χ1) is 8.85. The third-order valence-electron chi connectivity index (χ3n) is 3.43. The van der Waals surface area contributed by atoms with Crippen LogP contribution in [0.1, 0.15) is 31.4 Å². The number of hydrogen-bond acceptors (Lipinski definition) is 3. The topological polar surface area (TPSA) is 30.5 Å². The van der Waals surface area contributed by atoms with Crippen molar-refractivity contribution in [2.24, 2.45) is 5.92 Å². The van der Waals surface area contributed by atoms with Crippen molar-refractivity contribution in [2.75, 3.05) is 26.8 Å². The van der Waals surface area contributed by atoms with Gasteiger partial charge in [-0.25, -0.2) is 0 Å². The van der Waals surface area contributed by atoms with Gasteiger partial charge in [0.05, 0.1) is 12.7 Å². The third kappa shape index (κ3) is 3.24. The van der Waals surface area contributed by atoms with E-state index < -0.39 is 0 Å². The summed E-state index contributed by atoms with van der Waals surface area (Å²) in [5.41, 5.74) is 1.26. The lowest BCUT2D eigenvalue weighted by Gasteiger charge is -2.32. The van der Waals surface area contributed by atoms with Crippen LogP contribution in [0.25, 0.3) is 0 Å². The molecular weight excluding hydrogens is 226 g/mol. The van der Waals surface area contributed by atoms with Gasteiger partial charge in [-0.1, -0.05) is 12.1 Å². The molecule has 0 aromatic heterocycles. The molecule has 1 aliphatic rings. The molecule has 1 fully saturated rings. The molecule has 0 bridgehead atoms. The van der Waals surface area contributed by atoms with Gasteiger partial charge < -0.3 is 14.8 Å². The average Bonchev–Trinajstić information content (AvgIpc) is 2.41. The summed E-state index contributed by atoms with van der Waals surface area (Å²) in [5.74, 6) is 1.50. The fraction of sp³-hybridized carbons (Fsp3) is 0.600. The highest BCUT2D eigenvalue weighted by Gasteiger charge is 2.26. The maximum Gasteiger partial charge on any atom is 0.119 e. The van der Waals surface area contributed by atoms with Gasteiger partial charge in [0, 0.05) is 19.1 Å². The van der Waals surface area contributed by atoms with Crippen LogP contribution in [0.15, 0.2) is 24.3 Å². The van der Waals surface area contributed by atoms with Crippen molar-refractivity contribution in [3.05, 3.63) is 29.8 Å². The molecule has 3 nitrogen and oxygen atoms in total. The van der Waals surface area contributed by atoms with E-state index in [0.29, 0.717) is 12.5 Å².